The Hall–Kier alpha value is -4.43. The number of benzene rings is 3. The molecule has 7 nitrogen and oxygen atoms in total. The van der Waals surface area contributed by atoms with Gasteiger partial charge in [-0.2, -0.15) is 0 Å². The first-order valence-corrected chi connectivity index (χ1v) is 13.3. The van der Waals surface area contributed by atoms with Crippen molar-refractivity contribution in [3.05, 3.63) is 118 Å². The van der Waals surface area contributed by atoms with Gasteiger partial charge < -0.3 is 14.8 Å². The molecule has 1 aromatic heterocycles. The number of rotatable bonds is 8. The van der Waals surface area contributed by atoms with Gasteiger partial charge in [-0.15, -0.1) is 11.3 Å². The first-order chi connectivity index (χ1) is 18.7. The zero-order chi connectivity index (χ0) is 27.8. The summed E-state index contributed by atoms with van der Waals surface area (Å²) in [5.41, 5.74) is 2.03. The standard InChI is InChI=1S/C31H30N2O5S/c1-31(2,3)38-30(36)33-23-15-10-16-24(19-23)37-27(34)20-32-29(35)26-18-17-25(39-26)28(21-11-6-4-7-12-21)22-13-8-5-9-14-22/h4-19,28H,20H2,1-3H3,(H,32,35)(H,33,36). The number of nitrogens with one attached hydrogen (secondary N) is 2. The number of ether oxygens (including phenoxy) is 2. The summed E-state index contributed by atoms with van der Waals surface area (Å²) in [5.74, 6) is -0.773. The monoisotopic (exact) mass is 542 g/mol. The van der Waals surface area contributed by atoms with Gasteiger partial charge in [0.25, 0.3) is 5.91 Å². The zero-order valence-corrected chi connectivity index (χ0v) is 22.8. The molecule has 4 aromatic rings. The van der Waals surface area contributed by atoms with Gasteiger partial charge in [-0.1, -0.05) is 66.7 Å². The minimum Gasteiger partial charge on any atom is -0.444 e. The van der Waals surface area contributed by atoms with E-state index in [1.54, 1.807) is 45.0 Å². The Morgan fingerprint density at radius 1 is 0.821 bits per heavy atom. The molecule has 0 saturated heterocycles. The van der Waals surface area contributed by atoms with E-state index in [0.717, 1.165) is 16.0 Å². The molecule has 0 radical (unpaired) electrons. The van der Waals surface area contributed by atoms with Crippen molar-refractivity contribution in [3.63, 3.8) is 0 Å². The molecule has 200 valence electrons. The minimum absolute atomic E-state index is 0.00881. The molecule has 0 spiro atoms. The van der Waals surface area contributed by atoms with Crippen LogP contribution in [0.4, 0.5) is 10.5 Å². The van der Waals surface area contributed by atoms with Gasteiger partial charge in [0.05, 0.1) is 4.88 Å². The van der Waals surface area contributed by atoms with Crippen molar-refractivity contribution < 1.29 is 23.9 Å². The Balaban J connectivity index is 1.36. The van der Waals surface area contributed by atoms with E-state index in [4.69, 9.17) is 9.47 Å². The normalized spacial score (nSPS) is 11.1. The van der Waals surface area contributed by atoms with Crippen LogP contribution in [0.1, 0.15) is 52.4 Å². The second kappa shape index (κ2) is 12.4. The molecule has 0 aliphatic heterocycles. The van der Waals surface area contributed by atoms with Gasteiger partial charge in [-0.3, -0.25) is 10.1 Å². The molecule has 0 atom stereocenters. The Kier molecular flexibility index (Phi) is 8.78. The predicted molar refractivity (Wildman–Crippen MR) is 152 cm³/mol. The molecule has 0 aliphatic carbocycles. The fraction of sp³-hybridized carbons (Fsp3) is 0.194. The summed E-state index contributed by atoms with van der Waals surface area (Å²) in [7, 11) is 0. The van der Waals surface area contributed by atoms with E-state index in [9.17, 15) is 14.4 Å². The van der Waals surface area contributed by atoms with Crippen LogP contribution in [0.25, 0.3) is 0 Å². The van der Waals surface area contributed by atoms with Gasteiger partial charge in [-0.25, -0.2) is 9.59 Å². The number of hydrogen-bond donors (Lipinski definition) is 2. The van der Waals surface area contributed by atoms with E-state index in [0.29, 0.717) is 10.6 Å². The number of carbonyl (C=O) groups excluding carboxylic acids is 3. The molecule has 0 unspecified atom stereocenters. The number of thiophene rings is 1. The zero-order valence-electron chi connectivity index (χ0n) is 22.0. The minimum atomic E-state index is -0.639. The fourth-order valence-electron chi connectivity index (χ4n) is 3.91. The van der Waals surface area contributed by atoms with Crippen molar-refractivity contribution in [1.82, 2.24) is 5.32 Å². The summed E-state index contributed by atoms with van der Waals surface area (Å²) in [6.45, 7) is 4.99. The number of amides is 2. The SMILES string of the molecule is CC(C)(C)OC(=O)Nc1cccc(OC(=O)CNC(=O)c2ccc(C(c3ccccc3)c3ccccc3)s2)c1. The maximum Gasteiger partial charge on any atom is 0.412 e. The quantitative estimate of drug-likeness (QED) is 0.193. The Morgan fingerprint density at radius 3 is 2.08 bits per heavy atom. The maximum atomic E-state index is 12.8. The molecule has 2 N–H and O–H groups in total. The van der Waals surface area contributed by atoms with Crippen molar-refractivity contribution in [2.45, 2.75) is 32.3 Å². The van der Waals surface area contributed by atoms with Gasteiger partial charge >= 0.3 is 12.1 Å². The molecule has 39 heavy (non-hydrogen) atoms. The Bertz CT molecular complexity index is 1390. The Morgan fingerprint density at radius 2 is 1.46 bits per heavy atom. The van der Waals surface area contributed by atoms with Crippen molar-refractivity contribution in [1.29, 1.82) is 0 Å². The first kappa shape index (κ1) is 27.6. The van der Waals surface area contributed by atoms with Crippen LogP contribution in [0.15, 0.2) is 97.1 Å². The van der Waals surface area contributed by atoms with E-state index in [1.165, 1.54) is 17.4 Å². The largest absolute Gasteiger partial charge is 0.444 e. The van der Waals surface area contributed by atoms with Crippen molar-refractivity contribution in [2.75, 3.05) is 11.9 Å². The highest BCUT2D eigenvalue weighted by Gasteiger charge is 2.21. The number of hydrogen-bond acceptors (Lipinski definition) is 6. The summed E-state index contributed by atoms with van der Waals surface area (Å²) in [5, 5.41) is 5.23. The summed E-state index contributed by atoms with van der Waals surface area (Å²) in [6.07, 6.45) is -0.615. The van der Waals surface area contributed by atoms with E-state index in [-0.39, 0.29) is 24.1 Å². The van der Waals surface area contributed by atoms with E-state index < -0.39 is 17.7 Å². The van der Waals surface area contributed by atoms with E-state index in [1.807, 2.05) is 42.5 Å². The average Bonchev–Trinajstić information content (AvgIpc) is 3.37. The van der Waals surface area contributed by atoms with Gasteiger partial charge in [0.2, 0.25) is 0 Å². The summed E-state index contributed by atoms with van der Waals surface area (Å²) >= 11 is 1.39. The molecule has 4 rings (SSSR count). The number of carbonyl (C=O) groups is 3. The molecular formula is C31H30N2O5S. The van der Waals surface area contributed by atoms with Crippen LogP contribution in [0.3, 0.4) is 0 Å². The van der Waals surface area contributed by atoms with Crippen molar-refractivity contribution in [3.8, 4) is 5.75 Å². The molecule has 1 heterocycles. The highest BCUT2D eigenvalue weighted by Crippen LogP contribution is 2.36. The van der Waals surface area contributed by atoms with Gasteiger partial charge in [0.1, 0.15) is 17.9 Å². The van der Waals surface area contributed by atoms with Crippen LogP contribution in [0, 0.1) is 0 Å². The molecule has 3 aromatic carbocycles. The van der Waals surface area contributed by atoms with Crippen molar-refractivity contribution >= 4 is 35.0 Å². The topological polar surface area (TPSA) is 93.7 Å². The summed E-state index contributed by atoms with van der Waals surface area (Å²) < 4.78 is 10.6. The molecule has 0 bridgehead atoms. The van der Waals surface area contributed by atoms with Crippen LogP contribution >= 0.6 is 11.3 Å². The molecule has 8 heteroatoms. The molecule has 0 saturated carbocycles. The van der Waals surface area contributed by atoms with Crippen LogP contribution in [-0.2, 0) is 9.53 Å². The van der Waals surface area contributed by atoms with Crippen LogP contribution in [0.2, 0.25) is 0 Å². The third-order valence-corrected chi connectivity index (χ3v) is 6.65. The molecule has 0 aliphatic rings. The lowest BCUT2D eigenvalue weighted by Crippen LogP contribution is -2.31. The van der Waals surface area contributed by atoms with Crippen LogP contribution in [-0.4, -0.2) is 30.1 Å². The molecule has 0 fully saturated rings. The van der Waals surface area contributed by atoms with Crippen LogP contribution < -0.4 is 15.4 Å². The highest BCUT2D eigenvalue weighted by atomic mass is 32.1. The lowest BCUT2D eigenvalue weighted by molar-refractivity contribution is -0.133. The average molecular weight is 543 g/mol. The second-order valence-electron chi connectivity index (χ2n) is 9.77. The second-order valence-corrected chi connectivity index (χ2v) is 10.9. The third-order valence-electron chi connectivity index (χ3n) is 5.51. The van der Waals surface area contributed by atoms with E-state index in [2.05, 4.69) is 34.9 Å². The molecular weight excluding hydrogens is 512 g/mol. The first-order valence-electron chi connectivity index (χ1n) is 12.5. The fourth-order valence-corrected chi connectivity index (χ4v) is 4.99. The van der Waals surface area contributed by atoms with Gasteiger partial charge in [0.15, 0.2) is 0 Å². The van der Waals surface area contributed by atoms with Gasteiger partial charge in [0, 0.05) is 22.5 Å². The highest BCUT2D eigenvalue weighted by molar-refractivity contribution is 7.14. The smallest absolute Gasteiger partial charge is 0.412 e. The maximum absolute atomic E-state index is 12.8. The number of anilines is 1. The lowest BCUT2D eigenvalue weighted by Gasteiger charge is -2.19. The van der Waals surface area contributed by atoms with E-state index >= 15 is 0 Å². The number of esters is 1. The summed E-state index contributed by atoms with van der Waals surface area (Å²) in [6, 6.07) is 30.3. The summed E-state index contributed by atoms with van der Waals surface area (Å²) in [4.78, 5) is 38.7. The molecule has 2 amide bonds. The third kappa shape index (κ3) is 8.02. The van der Waals surface area contributed by atoms with Gasteiger partial charge in [-0.05, 0) is 56.2 Å². The van der Waals surface area contributed by atoms with Crippen molar-refractivity contribution in [2.24, 2.45) is 0 Å². The van der Waals surface area contributed by atoms with Crippen LogP contribution in [0.5, 0.6) is 5.75 Å². The Labute approximate surface area is 231 Å². The lowest BCUT2D eigenvalue weighted by atomic mass is 9.90. The predicted octanol–water partition coefficient (Wildman–Crippen LogP) is 6.61.